The third-order valence-corrected chi connectivity index (χ3v) is 5.44. The Balaban J connectivity index is 2.21. The van der Waals surface area contributed by atoms with Gasteiger partial charge in [-0.15, -0.1) is 0 Å². The van der Waals surface area contributed by atoms with Crippen molar-refractivity contribution in [1.29, 1.82) is 0 Å². The molecular formula is C14H21NO3S. The molecule has 5 heteroatoms. The number of hydrogen-bond donors (Lipinski definition) is 1. The first-order chi connectivity index (χ1) is 8.81. The van der Waals surface area contributed by atoms with Crippen molar-refractivity contribution in [3.8, 4) is 0 Å². The fourth-order valence-electron chi connectivity index (χ4n) is 2.20. The minimum atomic E-state index is -3.44. The van der Waals surface area contributed by atoms with E-state index in [2.05, 4.69) is 0 Å². The molecule has 0 unspecified atom stereocenters. The number of piperidine rings is 1. The first-order valence-electron chi connectivity index (χ1n) is 6.58. The van der Waals surface area contributed by atoms with Gasteiger partial charge >= 0.3 is 0 Å². The van der Waals surface area contributed by atoms with Crippen LogP contribution in [0.5, 0.6) is 0 Å². The molecule has 1 heterocycles. The van der Waals surface area contributed by atoms with Gasteiger partial charge in [0, 0.05) is 18.5 Å². The Morgan fingerprint density at radius 1 is 1.26 bits per heavy atom. The molecule has 2 rings (SSSR count). The van der Waals surface area contributed by atoms with Gasteiger partial charge < -0.3 is 5.11 Å². The Kier molecular flexibility index (Phi) is 3.99. The second-order valence-electron chi connectivity index (χ2n) is 5.72. The maximum absolute atomic E-state index is 12.5. The summed E-state index contributed by atoms with van der Waals surface area (Å²) in [6.07, 6.45) is 9.65. The minimum Gasteiger partial charge on any atom is -0.393 e. The molecular weight excluding hydrogens is 262 g/mol. The summed E-state index contributed by atoms with van der Waals surface area (Å²) < 4.78 is 26.5. The van der Waals surface area contributed by atoms with Crippen molar-refractivity contribution in [3.05, 3.63) is 35.3 Å². The molecule has 0 aromatic heterocycles. The molecule has 0 aromatic rings. The van der Waals surface area contributed by atoms with E-state index in [0.29, 0.717) is 30.8 Å². The topological polar surface area (TPSA) is 57.6 Å². The van der Waals surface area contributed by atoms with Crippen molar-refractivity contribution < 1.29 is 13.5 Å². The van der Waals surface area contributed by atoms with Crippen molar-refractivity contribution in [3.63, 3.8) is 0 Å². The first kappa shape index (κ1) is 14.5. The zero-order valence-electron chi connectivity index (χ0n) is 11.4. The molecule has 0 saturated carbocycles. The molecule has 0 spiro atoms. The van der Waals surface area contributed by atoms with E-state index in [0.717, 1.165) is 0 Å². The molecule has 0 aromatic carbocycles. The second-order valence-corrected chi connectivity index (χ2v) is 7.66. The van der Waals surface area contributed by atoms with E-state index in [1.165, 1.54) is 4.31 Å². The molecule has 19 heavy (non-hydrogen) atoms. The molecule has 0 bridgehead atoms. The van der Waals surface area contributed by atoms with E-state index >= 15 is 0 Å². The third-order valence-electron chi connectivity index (χ3n) is 3.52. The molecule has 2 aliphatic rings. The molecule has 0 radical (unpaired) electrons. The summed E-state index contributed by atoms with van der Waals surface area (Å²) in [4.78, 5) is 0.325. The Morgan fingerprint density at radius 3 is 2.53 bits per heavy atom. The van der Waals surface area contributed by atoms with Gasteiger partial charge in [-0.25, -0.2) is 8.42 Å². The van der Waals surface area contributed by atoms with Crippen LogP contribution in [0.25, 0.3) is 0 Å². The summed E-state index contributed by atoms with van der Waals surface area (Å²) in [7, 11) is -3.44. The van der Waals surface area contributed by atoms with E-state index < -0.39 is 10.0 Å². The molecule has 1 aliphatic heterocycles. The van der Waals surface area contributed by atoms with E-state index in [9.17, 15) is 13.5 Å². The number of sulfonamides is 1. The lowest BCUT2D eigenvalue weighted by Crippen LogP contribution is -2.40. The molecule has 1 saturated heterocycles. The normalized spacial score (nSPS) is 25.1. The van der Waals surface area contributed by atoms with E-state index in [4.69, 9.17) is 0 Å². The van der Waals surface area contributed by atoms with E-state index in [1.807, 2.05) is 26.0 Å². The highest BCUT2D eigenvalue weighted by atomic mass is 32.2. The number of aliphatic hydroxyl groups is 1. The van der Waals surface area contributed by atoms with Crippen LogP contribution in [0.15, 0.2) is 35.3 Å². The predicted molar refractivity (Wildman–Crippen MR) is 75.9 cm³/mol. The predicted octanol–water partition coefficient (Wildman–Crippen LogP) is 1.81. The summed E-state index contributed by atoms with van der Waals surface area (Å²) in [5.74, 6) is 0. The van der Waals surface area contributed by atoms with Gasteiger partial charge in [-0.1, -0.05) is 32.1 Å². The highest BCUT2D eigenvalue weighted by molar-refractivity contribution is 7.93. The van der Waals surface area contributed by atoms with Crippen LogP contribution >= 0.6 is 0 Å². The lowest BCUT2D eigenvalue weighted by molar-refractivity contribution is 0.113. The van der Waals surface area contributed by atoms with E-state index in [-0.39, 0.29) is 11.5 Å². The van der Waals surface area contributed by atoms with Crippen molar-refractivity contribution in [1.82, 2.24) is 4.31 Å². The number of rotatable bonds is 2. The Bertz CT molecular complexity index is 521. The van der Waals surface area contributed by atoms with Gasteiger partial charge in [0.25, 0.3) is 0 Å². The van der Waals surface area contributed by atoms with Crippen molar-refractivity contribution >= 4 is 10.0 Å². The van der Waals surface area contributed by atoms with Crippen molar-refractivity contribution in [2.24, 2.45) is 5.41 Å². The molecule has 1 N–H and O–H groups in total. The summed E-state index contributed by atoms with van der Waals surface area (Å²) in [6, 6.07) is 0. The maximum Gasteiger partial charge on any atom is 0.243 e. The fourth-order valence-corrected chi connectivity index (χ4v) is 3.68. The summed E-state index contributed by atoms with van der Waals surface area (Å²) in [5, 5.41) is 9.46. The van der Waals surface area contributed by atoms with Gasteiger partial charge in [-0.05, 0) is 25.0 Å². The number of hydrogen-bond acceptors (Lipinski definition) is 3. The average Bonchev–Trinajstić information content (AvgIpc) is 2.51. The number of aliphatic hydroxyl groups excluding tert-OH is 1. The number of allylic oxidation sites excluding steroid dienone is 5. The standard InChI is InChI=1S/C14H21NO3S/c1-14(2)8-3-4-13(5-9-14)19(17,18)15-10-6-12(16)7-11-15/h3-5,8-9,12,16H,6-7,10-11H2,1-2H3. The number of nitrogens with zero attached hydrogens (tertiary/aromatic N) is 1. The van der Waals surface area contributed by atoms with Crippen molar-refractivity contribution in [2.75, 3.05) is 13.1 Å². The molecule has 0 amide bonds. The van der Waals surface area contributed by atoms with Crippen LogP contribution in [0, 0.1) is 5.41 Å². The van der Waals surface area contributed by atoms with Gasteiger partial charge in [-0.2, -0.15) is 4.31 Å². The fraction of sp³-hybridized carbons (Fsp3) is 0.571. The SMILES string of the molecule is CC1(C)C=CC=C(S(=O)(=O)N2CCC(O)CC2)C=C1. The first-order valence-corrected chi connectivity index (χ1v) is 8.02. The van der Waals surface area contributed by atoms with Crippen molar-refractivity contribution in [2.45, 2.75) is 32.8 Å². The molecule has 4 nitrogen and oxygen atoms in total. The Labute approximate surface area is 115 Å². The van der Waals surface area contributed by atoms with E-state index in [1.54, 1.807) is 18.2 Å². The monoisotopic (exact) mass is 283 g/mol. The zero-order valence-corrected chi connectivity index (χ0v) is 12.2. The van der Waals surface area contributed by atoms with Crippen LogP contribution in [-0.2, 0) is 10.0 Å². The quantitative estimate of drug-likeness (QED) is 0.841. The molecule has 106 valence electrons. The van der Waals surface area contributed by atoms with Crippen LogP contribution in [0.3, 0.4) is 0 Å². The summed E-state index contributed by atoms with van der Waals surface area (Å²) >= 11 is 0. The van der Waals surface area contributed by atoms with Crippen LogP contribution in [0.1, 0.15) is 26.7 Å². The highest BCUT2D eigenvalue weighted by Crippen LogP contribution is 2.27. The van der Waals surface area contributed by atoms with Crippen LogP contribution in [0.4, 0.5) is 0 Å². The largest absolute Gasteiger partial charge is 0.393 e. The van der Waals surface area contributed by atoms with Crippen LogP contribution in [-0.4, -0.2) is 37.0 Å². The molecule has 1 aliphatic carbocycles. The smallest absolute Gasteiger partial charge is 0.243 e. The van der Waals surface area contributed by atoms with Gasteiger partial charge in [0.2, 0.25) is 10.0 Å². The lowest BCUT2D eigenvalue weighted by atomic mass is 9.93. The van der Waals surface area contributed by atoms with Gasteiger partial charge in [0.1, 0.15) is 0 Å². The third kappa shape index (κ3) is 3.35. The zero-order chi connectivity index (χ0) is 14.1. The van der Waals surface area contributed by atoms with Crippen LogP contribution < -0.4 is 0 Å². The second kappa shape index (κ2) is 5.23. The maximum atomic E-state index is 12.5. The Hall–Kier alpha value is -0.910. The molecule has 1 fully saturated rings. The highest BCUT2D eigenvalue weighted by Gasteiger charge is 2.29. The van der Waals surface area contributed by atoms with Crippen LogP contribution in [0.2, 0.25) is 0 Å². The summed E-state index contributed by atoms with van der Waals surface area (Å²) in [5.41, 5.74) is -0.133. The minimum absolute atomic E-state index is 0.133. The average molecular weight is 283 g/mol. The van der Waals surface area contributed by atoms with Gasteiger partial charge in [0.05, 0.1) is 11.0 Å². The Morgan fingerprint density at radius 2 is 1.89 bits per heavy atom. The molecule has 0 atom stereocenters. The van der Waals surface area contributed by atoms with Gasteiger partial charge in [0.15, 0.2) is 0 Å². The lowest BCUT2D eigenvalue weighted by Gasteiger charge is -2.29. The van der Waals surface area contributed by atoms with Gasteiger partial charge in [-0.3, -0.25) is 0 Å². The summed E-state index contributed by atoms with van der Waals surface area (Å²) in [6.45, 7) is 4.84.